The molecule has 0 amide bonds. The van der Waals surface area contributed by atoms with Gasteiger partial charge in [0.05, 0.1) is 6.54 Å². The fourth-order valence-electron chi connectivity index (χ4n) is 2.41. The number of aliphatic imine (C=N–C) groups is 1. The Morgan fingerprint density at radius 1 is 0.895 bits per heavy atom. The number of halogens is 1. The van der Waals surface area contributed by atoms with Crippen LogP contribution in [0.15, 0.2) is 12.4 Å². The van der Waals surface area contributed by atoms with Gasteiger partial charge in [-0.25, -0.2) is 4.90 Å². The Kier molecular flexibility index (Phi) is 12.2. The summed E-state index contributed by atoms with van der Waals surface area (Å²) in [4.78, 5) is 6.50. The van der Waals surface area contributed by atoms with Crippen LogP contribution < -0.4 is 17.4 Å². The molecule has 1 heterocycles. The molecule has 0 aromatic carbocycles. The Hall–Kier alpha value is -0.500. The fraction of sp³-hybridized carbons (Fsp3) is 0.812. The smallest absolute Gasteiger partial charge is 0.295 e. The lowest BCUT2D eigenvalue weighted by atomic mass is 10.1. The average Bonchev–Trinajstić information content (AvgIpc) is 2.77. The fourth-order valence-corrected chi connectivity index (χ4v) is 2.41. The van der Waals surface area contributed by atoms with E-state index >= 15 is 0 Å². The van der Waals surface area contributed by atoms with E-state index in [2.05, 4.69) is 29.9 Å². The SMILES string of the molecule is CCCCCCCCCCCCN1C=C[N+]=C1C.[Cl-]. The molecule has 0 spiro atoms. The average molecular weight is 286 g/mol. The third-order valence-electron chi connectivity index (χ3n) is 3.68. The molecule has 0 unspecified atom stereocenters. The van der Waals surface area contributed by atoms with E-state index in [1.54, 1.807) is 0 Å². The highest BCUT2D eigenvalue weighted by atomic mass is 35.5. The zero-order valence-corrected chi connectivity index (χ0v) is 13.5. The molecular weight excluding hydrogens is 256 g/mol. The van der Waals surface area contributed by atoms with E-state index in [9.17, 15) is 0 Å². The molecule has 0 aromatic heterocycles. The van der Waals surface area contributed by atoms with Gasteiger partial charge >= 0.3 is 0 Å². The number of amidine groups is 1. The number of nitrogens with zero attached hydrogens (tertiary/aromatic N) is 2. The molecule has 0 fully saturated rings. The van der Waals surface area contributed by atoms with Gasteiger partial charge in [-0.05, 0) is 12.8 Å². The highest BCUT2D eigenvalue weighted by Crippen LogP contribution is 2.11. The Balaban J connectivity index is 0.00000324. The van der Waals surface area contributed by atoms with Crippen LogP contribution in [0, 0.1) is 0 Å². The van der Waals surface area contributed by atoms with Crippen LogP contribution >= 0.6 is 0 Å². The maximum Gasteiger partial charge on any atom is 0.295 e. The first-order chi connectivity index (χ1) is 8.84. The third kappa shape index (κ3) is 9.10. The van der Waals surface area contributed by atoms with Crippen molar-refractivity contribution in [3.05, 3.63) is 12.4 Å². The van der Waals surface area contributed by atoms with E-state index in [0.29, 0.717) is 0 Å². The quantitative estimate of drug-likeness (QED) is 0.525. The molecule has 0 bridgehead atoms. The van der Waals surface area contributed by atoms with Gasteiger partial charge in [-0.1, -0.05) is 63.3 Å². The minimum absolute atomic E-state index is 0. The largest absolute Gasteiger partial charge is 1.00 e. The van der Waals surface area contributed by atoms with Gasteiger partial charge < -0.3 is 12.4 Å². The molecule has 0 saturated carbocycles. The topological polar surface area (TPSA) is 17.3 Å². The summed E-state index contributed by atoms with van der Waals surface area (Å²) in [5, 5.41) is 0. The highest BCUT2D eigenvalue weighted by molar-refractivity contribution is 5.81. The predicted octanol–water partition coefficient (Wildman–Crippen LogP) is 1.45. The second-order valence-electron chi connectivity index (χ2n) is 5.35. The lowest BCUT2D eigenvalue weighted by molar-refractivity contribution is -0.00000414. The van der Waals surface area contributed by atoms with Crippen molar-refractivity contribution in [2.75, 3.05) is 6.54 Å². The molecule has 2 nitrogen and oxygen atoms in total. The van der Waals surface area contributed by atoms with Crippen molar-refractivity contribution in [2.24, 2.45) is 0 Å². The summed E-state index contributed by atoms with van der Waals surface area (Å²) >= 11 is 0. The maximum atomic E-state index is 4.24. The van der Waals surface area contributed by atoms with Crippen molar-refractivity contribution in [3.8, 4) is 0 Å². The standard InChI is InChI=1S/C16H30N2.ClH/c1-3-4-5-6-7-8-9-10-11-12-14-18-15-13-17-16(18)2;/h13,15H,3-12,14H2,1-2H3;1H/q+1;/p-1. The van der Waals surface area contributed by atoms with Crippen molar-refractivity contribution >= 4 is 5.84 Å². The summed E-state index contributed by atoms with van der Waals surface area (Å²) in [6.45, 7) is 5.50. The number of hydrogen-bond donors (Lipinski definition) is 0. The summed E-state index contributed by atoms with van der Waals surface area (Å²) in [7, 11) is 0. The molecule has 19 heavy (non-hydrogen) atoms. The van der Waals surface area contributed by atoms with E-state index in [-0.39, 0.29) is 12.4 Å². The van der Waals surface area contributed by atoms with Gasteiger partial charge in [0.25, 0.3) is 5.84 Å². The second-order valence-corrected chi connectivity index (χ2v) is 5.35. The van der Waals surface area contributed by atoms with Gasteiger partial charge in [-0.15, -0.1) is 0 Å². The van der Waals surface area contributed by atoms with Crippen molar-refractivity contribution in [1.82, 2.24) is 9.89 Å². The predicted molar refractivity (Wildman–Crippen MR) is 80.5 cm³/mol. The molecule has 1 radical (unpaired) electrons. The molecule has 0 saturated heterocycles. The van der Waals surface area contributed by atoms with Gasteiger partial charge in [0.15, 0.2) is 6.20 Å². The molecule has 0 N–H and O–H groups in total. The van der Waals surface area contributed by atoms with Crippen molar-refractivity contribution < 1.29 is 12.4 Å². The van der Waals surface area contributed by atoms with Crippen LogP contribution in [-0.2, 0) is 0 Å². The molecule has 0 aromatic rings. The van der Waals surface area contributed by atoms with Crippen LogP contribution in [0.25, 0.3) is 0 Å². The maximum absolute atomic E-state index is 4.24. The van der Waals surface area contributed by atoms with Crippen molar-refractivity contribution in [1.29, 1.82) is 0 Å². The minimum Gasteiger partial charge on any atom is -1.00 e. The summed E-state index contributed by atoms with van der Waals surface area (Å²) in [6, 6.07) is 0. The van der Waals surface area contributed by atoms with E-state index in [1.165, 1.54) is 64.2 Å². The normalized spacial score (nSPS) is 13.6. The van der Waals surface area contributed by atoms with Crippen LogP contribution in [0.1, 0.15) is 78.1 Å². The van der Waals surface area contributed by atoms with Gasteiger partial charge in [-0.2, -0.15) is 0 Å². The summed E-state index contributed by atoms with van der Waals surface area (Å²) in [6.07, 6.45) is 18.0. The molecule has 111 valence electrons. The Bertz CT molecular complexity index is 261. The van der Waals surface area contributed by atoms with E-state index < -0.39 is 0 Å². The van der Waals surface area contributed by atoms with Crippen LogP contribution in [-0.4, -0.2) is 17.3 Å². The lowest BCUT2D eigenvalue weighted by Crippen LogP contribution is -3.00. The van der Waals surface area contributed by atoms with Gasteiger partial charge in [0.2, 0.25) is 0 Å². The Labute approximate surface area is 125 Å². The number of unbranched alkanes of at least 4 members (excludes halogenated alkanes) is 9. The Morgan fingerprint density at radius 2 is 1.42 bits per heavy atom. The summed E-state index contributed by atoms with van der Waals surface area (Å²) in [5.74, 6) is 1.14. The minimum atomic E-state index is 0. The Morgan fingerprint density at radius 3 is 1.89 bits per heavy atom. The second kappa shape index (κ2) is 12.5. The van der Waals surface area contributed by atoms with Crippen LogP contribution in [0.4, 0.5) is 0 Å². The van der Waals surface area contributed by atoms with Crippen LogP contribution in [0.3, 0.4) is 0 Å². The zero-order valence-electron chi connectivity index (χ0n) is 12.7. The third-order valence-corrected chi connectivity index (χ3v) is 3.68. The van der Waals surface area contributed by atoms with Crippen molar-refractivity contribution in [2.45, 2.75) is 78.1 Å². The molecule has 1 aliphatic rings. The molecule has 0 atom stereocenters. The first-order valence-corrected chi connectivity index (χ1v) is 7.82. The monoisotopic (exact) mass is 285 g/mol. The van der Waals surface area contributed by atoms with Crippen LogP contribution in [0.5, 0.6) is 0 Å². The van der Waals surface area contributed by atoms with Gasteiger partial charge in [-0.3, -0.25) is 0 Å². The zero-order chi connectivity index (χ0) is 13.1. The summed E-state index contributed by atoms with van der Waals surface area (Å²) < 4.78 is 0. The number of rotatable bonds is 11. The first-order valence-electron chi connectivity index (χ1n) is 7.82. The molecular formula is C16H30ClN2. The molecule has 1 aliphatic heterocycles. The van der Waals surface area contributed by atoms with Crippen molar-refractivity contribution in [3.63, 3.8) is 0 Å². The lowest BCUT2D eigenvalue weighted by Gasteiger charge is -2.07. The molecule has 3 heteroatoms. The summed E-state index contributed by atoms with van der Waals surface area (Å²) in [5.41, 5.74) is 0. The van der Waals surface area contributed by atoms with Crippen LogP contribution in [0.2, 0.25) is 0 Å². The molecule has 1 rings (SSSR count). The van der Waals surface area contributed by atoms with E-state index in [4.69, 9.17) is 0 Å². The van der Waals surface area contributed by atoms with Gasteiger partial charge in [0.1, 0.15) is 6.20 Å². The number of hydrogen-bond acceptors (Lipinski definition) is 2. The van der Waals surface area contributed by atoms with E-state index in [0.717, 1.165) is 12.4 Å². The first kappa shape index (κ1) is 18.5. The van der Waals surface area contributed by atoms with Gasteiger partial charge in [0, 0.05) is 6.92 Å². The van der Waals surface area contributed by atoms with E-state index in [1.807, 2.05) is 6.20 Å². The highest BCUT2D eigenvalue weighted by Gasteiger charge is 2.16. The molecule has 0 aliphatic carbocycles.